The molecule has 1 rings (SSSR count). The fourth-order valence-corrected chi connectivity index (χ4v) is 3.64. The van der Waals surface area contributed by atoms with Crippen LogP contribution in [0, 0.1) is 0 Å². The van der Waals surface area contributed by atoms with E-state index in [0.717, 1.165) is 0 Å². The van der Waals surface area contributed by atoms with E-state index < -0.39 is 10.0 Å². The Balaban J connectivity index is 2.73. The molecule has 0 aromatic carbocycles. The third-order valence-corrected chi connectivity index (χ3v) is 5.22. The SMILES string of the molecule is COCCCN(C)S(=O)(=O)c1csc(CO)c1. The molecule has 1 aromatic heterocycles. The molecule has 0 atom stereocenters. The molecule has 0 aliphatic heterocycles. The van der Waals surface area contributed by atoms with Crippen molar-refractivity contribution in [3.63, 3.8) is 0 Å². The lowest BCUT2D eigenvalue weighted by molar-refractivity contribution is 0.189. The Labute approximate surface area is 106 Å². The van der Waals surface area contributed by atoms with E-state index in [-0.39, 0.29) is 11.5 Å². The second kappa shape index (κ2) is 6.46. The summed E-state index contributed by atoms with van der Waals surface area (Å²) in [7, 11) is -0.304. The van der Waals surface area contributed by atoms with Gasteiger partial charge in [-0.05, 0) is 12.5 Å². The van der Waals surface area contributed by atoms with Crippen molar-refractivity contribution in [1.29, 1.82) is 0 Å². The van der Waals surface area contributed by atoms with E-state index in [2.05, 4.69) is 0 Å². The summed E-state index contributed by atoms with van der Waals surface area (Å²) in [6.07, 6.45) is 0.656. The Hall–Kier alpha value is -0.470. The lowest BCUT2D eigenvalue weighted by atomic mass is 10.5. The fourth-order valence-electron chi connectivity index (χ4n) is 1.31. The van der Waals surface area contributed by atoms with Crippen molar-refractivity contribution in [1.82, 2.24) is 4.31 Å². The molecule has 0 fully saturated rings. The second-order valence-electron chi connectivity index (χ2n) is 3.58. The summed E-state index contributed by atoms with van der Waals surface area (Å²) in [5.74, 6) is 0. The maximum Gasteiger partial charge on any atom is 0.243 e. The van der Waals surface area contributed by atoms with Gasteiger partial charge in [-0.15, -0.1) is 11.3 Å². The summed E-state index contributed by atoms with van der Waals surface area (Å²) in [5, 5.41) is 10.5. The summed E-state index contributed by atoms with van der Waals surface area (Å²) in [5.41, 5.74) is 0. The largest absolute Gasteiger partial charge is 0.391 e. The Bertz CT molecular complexity index is 441. The smallest absolute Gasteiger partial charge is 0.243 e. The molecule has 5 nitrogen and oxygen atoms in total. The van der Waals surface area contributed by atoms with Gasteiger partial charge in [-0.2, -0.15) is 0 Å². The maximum atomic E-state index is 12.1. The van der Waals surface area contributed by atoms with Crippen LogP contribution in [0.25, 0.3) is 0 Å². The molecule has 0 saturated heterocycles. The van der Waals surface area contributed by atoms with E-state index in [1.54, 1.807) is 19.5 Å². The van der Waals surface area contributed by atoms with Gasteiger partial charge in [-0.3, -0.25) is 0 Å². The van der Waals surface area contributed by atoms with Crippen molar-refractivity contribution in [3.8, 4) is 0 Å². The number of thiophene rings is 1. The first-order valence-electron chi connectivity index (χ1n) is 5.16. The Morgan fingerprint density at radius 3 is 2.76 bits per heavy atom. The standard InChI is InChI=1S/C10H17NO4S2/c1-11(4-3-5-15-2)17(13,14)10-6-9(7-12)16-8-10/h6,8,12H,3-5,7H2,1-2H3. The zero-order valence-electron chi connectivity index (χ0n) is 9.92. The van der Waals surface area contributed by atoms with Gasteiger partial charge in [0.2, 0.25) is 10.0 Å². The van der Waals surface area contributed by atoms with Crippen LogP contribution in [0.5, 0.6) is 0 Å². The van der Waals surface area contributed by atoms with E-state index >= 15 is 0 Å². The van der Waals surface area contributed by atoms with Crippen LogP contribution in [0.4, 0.5) is 0 Å². The van der Waals surface area contributed by atoms with Gasteiger partial charge in [0.15, 0.2) is 0 Å². The minimum absolute atomic E-state index is 0.131. The van der Waals surface area contributed by atoms with E-state index in [1.165, 1.54) is 21.7 Å². The number of aliphatic hydroxyl groups excluding tert-OH is 1. The molecular formula is C10H17NO4S2. The number of rotatable bonds is 7. The van der Waals surface area contributed by atoms with Crippen LogP contribution < -0.4 is 0 Å². The minimum atomic E-state index is -3.43. The molecule has 0 unspecified atom stereocenters. The molecular weight excluding hydrogens is 262 g/mol. The highest BCUT2D eigenvalue weighted by molar-refractivity contribution is 7.89. The van der Waals surface area contributed by atoms with Crippen molar-refractivity contribution in [2.24, 2.45) is 0 Å². The molecule has 0 saturated carbocycles. The number of sulfonamides is 1. The molecule has 98 valence electrons. The van der Waals surface area contributed by atoms with E-state index in [1.807, 2.05) is 0 Å². The molecule has 7 heteroatoms. The highest BCUT2D eigenvalue weighted by atomic mass is 32.2. The number of ether oxygens (including phenoxy) is 1. The topological polar surface area (TPSA) is 66.8 Å². The van der Waals surface area contributed by atoms with Crippen LogP contribution in [0.15, 0.2) is 16.3 Å². The first-order valence-corrected chi connectivity index (χ1v) is 7.48. The predicted octanol–water partition coefficient (Wildman–Crippen LogP) is 0.897. The Morgan fingerprint density at radius 1 is 1.53 bits per heavy atom. The van der Waals surface area contributed by atoms with Crippen LogP contribution in [-0.4, -0.2) is 45.1 Å². The highest BCUT2D eigenvalue weighted by Gasteiger charge is 2.21. The Morgan fingerprint density at radius 2 is 2.24 bits per heavy atom. The zero-order valence-corrected chi connectivity index (χ0v) is 11.6. The quantitative estimate of drug-likeness (QED) is 0.753. The van der Waals surface area contributed by atoms with Gasteiger partial charge in [0.25, 0.3) is 0 Å². The first-order chi connectivity index (χ1) is 8.02. The lowest BCUT2D eigenvalue weighted by Crippen LogP contribution is -2.28. The van der Waals surface area contributed by atoms with Crippen LogP contribution in [0.1, 0.15) is 11.3 Å². The summed E-state index contributed by atoms with van der Waals surface area (Å²) in [6, 6.07) is 1.51. The van der Waals surface area contributed by atoms with Gasteiger partial charge in [0.05, 0.1) is 11.5 Å². The maximum absolute atomic E-state index is 12.1. The molecule has 1 N–H and O–H groups in total. The van der Waals surface area contributed by atoms with Crippen LogP contribution in [-0.2, 0) is 21.4 Å². The van der Waals surface area contributed by atoms with Gasteiger partial charge >= 0.3 is 0 Å². The predicted molar refractivity (Wildman–Crippen MR) is 66.6 cm³/mol. The number of aliphatic hydroxyl groups is 1. The zero-order chi connectivity index (χ0) is 12.9. The lowest BCUT2D eigenvalue weighted by Gasteiger charge is -2.15. The van der Waals surface area contributed by atoms with Crippen molar-refractivity contribution in [2.75, 3.05) is 27.3 Å². The van der Waals surface area contributed by atoms with Gasteiger partial charge in [-0.25, -0.2) is 12.7 Å². The highest BCUT2D eigenvalue weighted by Crippen LogP contribution is 2.21. The molecule has 0 bridgehead atoms. The molecule has 0 aliphatic carbocycles. The fraction of sp³-hybridized carbons (Fsp3) is 0.600. The second-order valence-corrected chi connectivity index (χ2v) is 6.62. The molecule has 17 heavy (non-hydrogen) atoms. The monoisotopic (exact) mass is 279 g/mol. The molecule has 1 heterocycles. The first kappa shape index (κ1) is 14.6. The third-order valence-electron chi connectivity index (χ3n) is 2.32. The number of methoxy groups -OCH3 is 1. The Kier molecular flexibility index (Phi) is 5.54. The summed E-state index contributed by atoms with van der Waals surface area (Å²) in [4.78, 5) is 0.889. The van der Waals surface area contributed by atoms with Gasteiger partial charge < -0.3 is 9.84 Å². The van der Waals surface area contributed by atoms with Crippen LogP contribution in [0.3, 0.4) is 0 Å². The van der Waals surface area contributed by atoms with E-state index in [0.29, 0.717) is 24.4 Å². The van der Waals surface area contributed by atoms with Crippen LogP contribution in [0.2, 0.25) is 0 Å². The summed E-state index contributed by atoms with van der Waals surface area (Å²) in [6.45, 7) is 0.819. The molecule has 0 radical (unpaired) electrons. The molecule has 0 aliphatic rings. The van der Waals surface area contributed by atoms with E-state index in [9.17, 15) is 8.42 Å². The number of nitrogens with zero attached hydrogens (tertiary/aromatic N) is 1. The molecule has 0 spiro atoms. The van der Waals surface area contributed by atoms with Crippen molar-refractivity contribution in [3.05, 3.63) is 16.3 Å². The van der Waals surface area contributed by atoms with Gasteiger partial charge in [0, 0.05) is 37.6 Å². The molecule has 1 aromatic rings. The average molecular weight is 279 g/mol. The summed E-state index contributed by atoms with van der Waals surface area (Å²) >= 11 is 1.24. The van der Waals surface area contributed by atoms with Gasteiger partial charge in [0.1, 0.15) is 0 Å². The number of hydrogen-bond acceptors (Lipinski definition) is 5. The van der Waals surface area contributed by atoms with Crippen LogP contribution >= 0.6 is 11.3 Å². The van der Waals surface area contributed by atoms with Crippen molar-refractivity contribution in [2.45, 2.75) is 17.9 Å². The van der Waals surface area contributed by atoms with Gasteiger partial charge in [-0.1, -0.05) is 0 Å². The minimum Gasteiger partial charge on any atom is -0.391 e. The van der Waals surface area contributed by atoms with Crippen molar-refractivity contribution < 1.29 is 18.3 Å². The summed E-state index contributed by atoms with van der Waals surface area (Å²) < 4.78 is 30.3. The average Bonchev–Trinajstić information content (AvgIpc) is 2.78. The molecule has 0 amide bonds. The van der Waals surface area contributed by atoms with Crippen molar-refractivity contribution >= 4 is 21.4 Å². The number of hydrogen-bond donors (Lipinski definition) is 1. The third kappa shape index (κ3) is 3.75. The normalized spacial score (nSPS) is 12.2. The van der Waals surface area contributed by atoms with E-state index in [4.69, 9.17) is 9.84 Å².